The molecule has 0 saturated carbocycles. The molecule has 0 aliphatic carbocycles. The number of urea groups is 1. The minimum Gasteiger partial charge on any atom is -0.314 e. The standard InChI is InChI=1S/C7H11N3O/c1-2-5-3-6(8)10-7(11)9-4-5/h4H,2-3H2,1H3,(H3,8,9,10,11). The van der Waals surface area contributed by atoms with Crippen LogP contribution in [0.15, 0.2) is 11.8 Å². The summed E-state index contributed by atoms with van der Waals surface area (Å²) in [6.07, 6.45) is 3.07. The lowest BCUT2D eigenvalue weighted by atomic mass is 10.1. The maximum Gasteiger partial charge on any atom is 0.324 e. The fourth-order valence-electron chi connectivity index (χ4n) is 0.890. The lowest BCUT2D eigenvalue weighted by molar-refractivity contribution is 0.248. The van der Waals surface area contributed by atoms with E-state index < -0.39 is 0 Å². The summed E-state index contributed by atoms with van der Waals surface area (Å²) < 4.78 is 0. The zero-order chi connectivity index (χ0) is 8.27. The predicted molar refractivity (Wildman–Crippen MR) is 42.4 cm³/mol. The molecule has 4 heteroatoms. The van der Waals surface area contributed by atoms with E-state index in [9.17, 15) is 4.79 Å². The molecule has 1 aliphatic heterocycles. The van der Waals surface area contributed by atoms with Crippen LogP contribution in [0.2, 0.25) is 0 Å². The summed E-state index contributed by atoms with van der Waals surface area (Å²) in [7, 11) is 0. The summed E-state index contributed by atoms with van der Waals surface area (Å²) >= 11 is 0. The summed E-state index contributed by atoms with van der Waals surface area (Å²) in [5, 5.41) is 12.2. The number of carbonyl (C=O) groups excluding carboxylic acids is 1. The fraction of sp³-hybridized carbons (Fsp3) is 0.429. The van der Waals surface area contributed by atoms with Gasteiger partial charge in [0.25, 0.3) is 0 Å². The number of carbonyl (C=O) groups is 1. The first kappa shape index (κ1) is 7.78. The Morgan fingerprint density at radius 2 is 2.45 bits per heavy atom. The van der Waals surface area contributed by atoms with Crippen molar-refractivity contribution >= 4 is 11.9 Å². The van der Waals surface area contributed by atoms with Crippen molar-refractivity contribution in [1.82, 2.24) is 10.6 Å². The number of amidine groups is 1. The molecule has 1 rings (SSSR count). The summed E-state index contributed by atoms with van der Waals surface area (Å²) in [6.45, 7) is 2.00. The normalized spacial score (nSPS) is 18.1. The van der Waals surface area contributed by atoms with E-state index in [1.807, 2.05) is 6.92 Å². The largest absolute Gasteiger partial charge is 0.324 e. The lowest BCUT2D eigenvalue weighted by Crippen LogP contribution is -2.34. The number of amides is 2. The van der Waals surface area contributed by atoms with Crippen LogP contribution in [0.25, 0.3) is 0 Å². The molecular weight excluding hydrogens is 142 g/mol. The molecule has 3 N–H and O–H groups in total. The average Bonchev–Trinajstić information content (AvgIpc) is 2.11. The topological polar surface area (TPSA) is 65.0 Å². The molecule has 0 fully saturated rings. The molecule has 1 aliphatic rings. The Labute approximate surface area is 65.2 Å². The van der Waals surface area contributed by atoms with Gasteiger partial charge >= 0.3 is 6.03 Å². The zero-order valence-corrected chi connectivity index (χ0v) is 6.40. The van der Waals surface area contributed by atoms with Gasteiger partial charge in [-0.2, -0.15) is 0 Å². The second-order valence-corrected chi connectivity index (χ2v) is 2.41. The van der Waals surface area contributed by atoms with Crippen LogP contribution in [0.5, 0.6) is 0 Å². The van der Waals surface area contributed by atoms with E-state index in [1.165, 1.54) is 0 Å². The third kappa shape index (κ3) is 2.07. The second-order valence-electron chi connectivity index (χ2n) is 2.41. The van der Waals surface area contributed by atoms with Gasteiger partial charge in [-0.3, -0.25) is 10.7 Å². The highest BCUT2D eigenvalue weighted by atomic mass is 16.2. The molecule has 0 aromatic heterocycles. The van der Waals surface area contributed by atoms with E-state index in [2.05, 4.69) is 10.6 Å². The number of nitrogens with one attached hydrogen (secondary N) is 3. The predicted octanol–water partition coefficient (Wildman–Crippen LogP) is 0.960. The van der Waals surface area contributed by atoms with Crippen LogP contribution in [0, 0.1) is 5.41 Å². The van der Waals surface area contributed by atoms with E-state index in [-0.39, 0.29) is 11.9 Å². The Bertz CT molecular complexity index is 220. The van der Waals surface area contributed by atoms with Gasteiger partial charge in [-0.25, -0.2) is 4.79 Å². The minimum atomic E-state index is -0.321. The summed E-state index contributed by atoms with van der Waals surface area (Å²) in [6, 6.07) is -0.321. The van der Waals surface area contributed by atoms with Gasteiger partial charge in [0, 0.05) is 12.6 Å². The average molecular weight is 153 g/mol. The first-order valence-corrected chi connectivity index (χ1v) is 3.55. The molecule has 2 amide bonds. The maximum atomic E-state index is 10.7. The highest BCUT2D eigenvalue weighted by Gasteiger charge is 2.09. The van der Waals surface area contributed by atoms with Crippen molar-refractivity contribution in [3.8, 4) is 0 Å². The summed E-state index contributed by atoms with van der Waals surface area (Å²) in [5.74, 6) is 0.258. The minimum absolute atomic E-state index is 0.258. The van der Waals surface area contributed by atoms with E-state index in [4.69, 9.17) is 5.41 Å². The molecule has 0 aromatic carbocycles. The Balaban J connectivity index is 2.69. The van der Waals surface area contributed by atoms with Gasteiger partial charge in [0.1, 0.15) is 5.84 Å². The maximum absolute atomic E-state index is 10.7. The third-order valence-corrected chi connectivity index (χ3v) is 1.53. The molecule has 60 valence electrons. The smallest absolute Gasteiger partial charge is 0.314 e. The quantitative estimate of drug-likeness (QED) is 0.516. The molecular formula is C7H11N3O. The number of rotatable bonds is 1. The molecule has 1 heterocycles. The third-order valence-electron chi connectivity index (χ3n) is 1.53. The van der Waals surface area contributed by atoms with Crippen LogP contribution in [-0.4, -0.2) is 11.9 Å². The van der Waals surface area contributed by atoms with Crippen LogP contribution in [0.4, 0.5) is 4.79 Å². The highest BCUT2D eigenvalue weighted by Crippen LogP contribution is 2.06. The molecule has 0 bridgehead atoms. The summed E-state index contributed by atoms with van der Waals surface area (Å²) in [5.41, 5.74) is 1.06. The molecule has 0 aromatic rings. The first-order chi connectivity index (χ1) is 5.22. The van der Waals surface area contributed by atoms with Crippen molar-refractivity contribution < 1.29 is 4.79 Å². The molecule has 0 saturated heterocycles. The molecule has 4 nitrogen and oxygen atoms in total. The van der Waals surface area contributed by atoms with E-state index in [0.29, 0.717) is 6.42 Å². The van der Waals surface area contributed by atoms with Crippen LogP contribution < -0.4 is 10.6 Å². The highest BCUT2D eigenvalue weighted by molar-refractivity contribution is 5.98. The van der Waals surface area contributed by atoms with Crippen molar-refractivity contribution in [3.05, 3.63) is 11.8 Å². The van der Waals surface area contributed by atoms with Crippen molar-refractivity contribution in [2.75, 3.05) is 0 Å². The van der Waals surface area contributed by atoms with Crippen LogP contribution in [-0.2, 0) is 0 Å². The van der Waals surface area contributed by atoms with Crippen LogP contribution in [0.1, 0.15) is 19.8 Å². The van der Waals surface area contributed by atoms with E-state index in [1.54, 1.807) is 6.20 Å². The van der Waals surface area contributed by atoms with E-state index >= 15 is 0 Å². The monoisotopic (exact) mass is 153 g/mol. The Morgan fingerprint density at radius 1 is 1.73 bits per heavy atom. The summed E-state index contributed by atoms with van der Waals surface area (Å²) in [4.78, 5) is 10.7. The molecule has 11 heavy (non-hydrogen) atoms. The van der Waals surface area contributed by atoms with Gasteiger partial charge < -0.3 is 5.32 Å². The van der Waals surface area contributed by atoms with Crippen LogP contribution in [0.3, 0.4) is 0 Å². The molecule has 0 atom stereocenters. The fourth-order valence-corrected chi connectivity index (χ4v) is 0.890. The van der Waals surface area contributed by atoms with Gasteiger partial charge in [-0.05, 0) is 12.0 Å². The van der Waals surface area contributed by atoms with Gasteiger partial charge in [-0.15, -0.1) is 0 Å². The second kappa shape index (κ2) is 3.18. The van der Waals surface area contributed by atoms with Crippen molar-refractivity contribution in [2.45, 2.75) is 19.8 Å². The Hall–Kier alpha value is -1.32. The number of hydrogen-bond acceptors (Lipinski definition) is 2. The molecule has 0 unspecified atom stereocenters. The SMILES string of the molecule is CCC1=CNC(=O)NC(=N)C1. The van der Waals surface area contributed by atoms with Gasteiger partial charge in [0.15, 0.2) is 0 Å². The molecule has 0 radical (unpaired) electrons. The zero-order valence-electron chi connectivity index (χ0n) is 6.40. The van der Waals surface area contributed by atoms with E-state index in [0.717, 1.165) is 12.0 Å². The number of hydrogen-bond donors (Lipinski definition) is 3. The van der Waals surface area contributed by atoms with Gasteiger partial charge in [-0.1, -0.05) is 6.92 Å². The van der Waals surface area contributed by atoms with Gasteiger partial charge in [0.05, 0.1) is 0 Å². The van der Waals surface area contributed by atoms with Crippen molar-refractivity contribution in [1.29, 1.82) is 5.41 Å². The van der Waals surface area contributed by atoms with Crippen molar-refractivity contribution in [2.24, 2.45) is 0 Å². The van der Waals surface area contributed by atoms with Gasteiger partial charge in [0.2, 0.25) is 0 Å². The van der Waals surface area contributed by atoms with Crippen molar-refractivity contribution in [3.63, 3.8) is 0 Å². The van der Waals surface area contributed by atoms with Crippen LogP contribution >= 0.6 is 0 Å². The first-order valence-electron chi connectivity index (χ1n) is 3.55. The Kier molecular flexibility index (Phi) is 2.25. The lowest BCUT2D eigenvalue weighted by Gasteiger charge is -2.00. The molecule has 0 spiro atoms. The Morgan fingerprint density at radius 3 is 3.09 bits per heavy atom.